The molecule has 11 nitrogen and oxygen atoms in total. The van der Waals surface area contributed by atoms with E-state index in [0.717, 1.165) is 17.4 Å². The molecule has 42 heavy (non-hydrogen) atoms. The molecule has 2 aromatic carbocycles. The summed E-state index contributed by atoms with van der Waals surface area (Å²) in [7, 11) is -7.03. The number of nitrogens with two attached hydrogens (primary N) is 1. The van der Waals surface area contributed by atoms with Crippen LogP contribution in [0.2, 0.25) is 0 Å². The molecule has 0 aliphatic carbocycles. The zero-order valence-electron chi connectivity index (χ0n) is 23.3. The van der Waals surface area contributed by atoms with Crippen LogP contribution in [0.1, 0.15) is 19.3 Å². The van der Waals surface area contributed by atoms with E-state index in [1.807, 2.05) is 12.1 Å². The molecule has 3 heterocycles. The van der Waals surface area contributed by atoms with Gasteiger partial charge in [-0.05, 0) is 67.3 Å². The number of aliphatic hydroxyl groups is 1. The highest BCUT2D eigenvalue weighted by molar-refractivity contribution is 7.90. The Morgan fingerprint density at radius 3 is 2.52 bits per heavy atom. The quantitative estimate of drug-likeness (QED) is 0.308. The highest BCUT2D eigenvalue weighted by Crippen LogP contribution is 2.37. The van der Waals surface area contributed by atoms with E-state index in [1.54, 1.807) is 42.6 Å². The third-order valence-corrected chi connectivity index (χ3v) is 10.8. The summed E-state index contributed by atoms with van der Waals surface area (Å²) in [5.74, 6) is 0.770. The van der Waals surface area contributed by atoms with E-state index < -0.39 is 31.6 Å². The highest BCUT2D eigenvalue weighted by atomic mass is 32.2. The lowest BCUT2D eigenvalue weighted by atomic mass is 9.88. The first-order valence-corrected chi connectivity index (χ1v) is 17.1. The van der Waals surface area contributed by atoms with Gasteiger partial charge in [-0.3, -0.25) is 0 Å². The smallest absolute Gasteiger partial charge is 0.243 e. The van der Waals surface area contributed by atoms with E-state index in [-0.39, 0.29) is 29.0 Å². The van der Waals surface area contributed by atoms with E-state index in [1.165, 1.54) is 16.4 Å². The number of nitrogen functional groups attached to an aromatic ring is 1. The van der Waals surface area contributed by atoms with Crippen LogP contribution >= 0.6 is 0 Å². The van der Waals surface area contributed by atoms with E-state index in [2.05, 4.69) is 10.3 Å². The van der Waals surface area contributed by atoms with Crippen molar-refractivity contribution in [2.75, 3.05) is 44.8 Å². The summed E-state index contributed by atoms with van der Waals surface area (Å²) in [5.41, 5.74) is 6.81. The Kier molecular flexibility index (Phi) is 8.88. The van der Waals surface area contributed by atoms with Gasteiger partial charge in [0.2, 0.25) is 10.0 Å². The van der Waals surface area contributed by atoms with Gasteiger partial charge in [-0.15, -0.1) is 0 Å². The lowest BCUT2D eigenvalue weighted by Gasteiger charge is -2.38. The van der Waals surface area contributed by atoms with Crippen molar-refractivity contribution in [3.8, 4) is 16.9 Å². The first kappa shape index (κ1) is 30.4. The van der Waals surface area contributed by atoms with E-state index in [9.17, 15) is 21.9 Å². The molecule has 5 rings (SSSR count). The number of hydrogen-bond donors (Lipinski definition) is 3. The van der Waals surface area contributed by atoms with Crippen molar-refractivity contribution in [1.29, 1.82) is 0 Å². The Hall–Kier alpha value is -3.07. The molecular formula is C29H36N4O7S2. The zero-order chi connectivity index (χ0) is 30.0. The molecular weight excluding hydrogens is 580 g/mol. The molecule has 2 unspecified atom stereocenters. The lowest BCUT2D eigenvalue weighted by Crippen LogP contribution is -2.47. The number of hydrogen-bond acceptors (Lipinski definition) is 10. The van der Waals surface area contributed by atoms with Gasteiger partial charge in [0.1, 0.15) is 24.3 Å². The van der Waals surface area contributed by atoms with Gasteiger partial charge in [-0.2, -0.15) is 4.31 Å². The van der Waals surface area contributed by atoms with Gasteiger partial charge in [0, 0.05) is 43.7 Å². The van der Waals surface area contributed by atoms with Gasteiger partial charge in [0.15, 0.2) is 9.84 Å². The predicted octanol–water partition coefficient (Wildman–Crippen LogP) is 2.08. The highest BCUT2D eigenvalue weighted by Gasteiger charge is 2.44. The van der Waals surface area contributed by atoms with Crippen molar-refractivity contribution in [1.82, 2.24) is 14.6 Å². The number of piperidine rings is 1. The second-order valence-corrected chi connectivity index (χ2v) is 14.9. The van der Waals surface area contributed by atoms with Crippen molar-refractivity contribution in [2.24, 2.45) is 0 Å². The minimum atomic E-state index is -3.69. The molecule has 1 spiro atoms. The number of rotatable bonds is 10. The summed E-state index contributed by atoms with van der Waals surface area (Å²) >= 11 is 0. The molecule has 226 valence electrons. The molecule has 0 amide bonds. The molecule has 2 fully saturated rings. The predicted molar refractivity (Wildman–Crippen MR) is 158 cm³/mol. The fourth-order valence-electron chi connectivity index (χ4n) is 5.37. The van der Waals surface area contributed by atoms with Crippen LogP contribution in [0.5, 0.6) is 5.75 Å². The molecule has 2 saturated heterocycles. The fourth-order valence-corrected chi connectivity index (χ4v) is 7.51. The number of pyridine rings is 1. The molecule has 0 bridgehead atoms. The number of sulfone groups is 1. The molecule has 2 aliphatic rings. The number of nitrogens with one attached hydrogen (secondary N) is 1. The first-order chi connectivity index (χ1) is 19.9. The zero-order valence-corrected chi connectivity index (χ0v) is 25.0. The van der Waals surface area contributed by atoms with Crippen LogP contribution in [0.25, 0.3) is 11.1 Å². The van der Waals surface area contributed by atoms with Crippen molar-refractivity contribution >= 4 is 25.7 Å². The third-order valence-electron chi connectivity index (χ3n) is 7.75. The molecule has 3 aromatic rings. The van der Waals surface area contributed by atoms with Crippen LogP contribution < -0.4 is 15.8 Å². The largest absolute Gasteiger partial charge is 0.491 e. The number of ether oxygens (including phenoxy) is 2. The van der Waals surface area contributed by atoms with Crippen molar-refractivity contribution in [3.63, 3.8) is 0 Å². The number of benzene rings is 2. The van der Waals surface area contributed by atoms with Crippen LogP contribution in [0.15, 0.2) is 76.7 Å². The summed E-state index contributed by atoms with van der Waals surface area (Å²) < 4.78 is 63.7. The van der Waals surface area contributed by atoms with Crippen LogP contribution in [0.3, 0.4) is 0 Å². The molecule has 1 aromatic heterocycles. The van der Waals surface area contributed by atoms with Crippen LogP contribution in [0.4, 0.5) is 5.82 Å². The second kappa shape index (κ2) is 12.3. The van der Waals surface area contributed by atoms with Crippen LogP contribution in [0, 0.1) is 0 Å². The van der Waals surface area contributed by atoms with Gasteiger partial charge >= 0.3 is 0 Å². The number of nitrogens with zero attached hydrogens (tertiary/aromatic N) is 2. The summed E-state index contributed by atoms with van der Waals surface area (Å²) in [5, 5.41) is 13.7. The van der Waals surface area contributed by atoms with E-state index >= 15 is 0 Å². The van der Waals surface area contributed by atoms with Gasteiger partial charge in [-0.1, -0.05) is 18.2 Å². The molecule has 13 heteroatoms. The molecule has 2 aliphatic heterocycles. The Morgan fingerprint density at radius 1 is 1.07 bits per heavy atom. The monoisotopic (exact) mass is 616 g/mol. The normalized spacial score (nSPS) is 20.0. The van der Waals surface area contributed by atoms with E-state index in [4.69, 9.17) is 15.2 Å². The Balaban J connectivity index is 1.10. The Labute approximate surface area is 246 Å². The van der Waals surface area contributed by atoms with Crippen LogP contribution in [-0.4, -0.2) is 88.1 Å². The second-order valence-electron chi connectivity index (χ2n) is 10.9. The Bertz CT molecular complexity index is 1610. The maximum atomic E-state index is 13.5. The number of aromatic nitrogens is 1. The van der Waals surface area contributed by atoms with Crippen molar-refractivity contribution in [2.45, 2.75) is 46.8 Å². The van der Waals surface area contributed by atoms with Gasteiger partial charge < -0.3 is 25.6 Å². The standard InChI is InChI=1S/C29H36N4O7S2/c1-41(35,36)26-6-3-5-25(15-26)39-20-24(34)18-31-23-16-29(40-19-23)10-12-33(13-11-29)42(37,38)27-7-2-4-21(14-27)22-8-9-28(30)32-17-22/h2-9,14-15,17,23-24,31,34H,10-13,16,18-20H2,1H3,(H2,30,32). The summed E-state index contributed by atoms with van der Waals surface area (Å²) in [4.78, 5) is 4.49. The number of sulfonamides is 1. The topological polar surface area (TPSA) is 161 Å². The fraction of sp³-hybridized carbons (Fsp3) is 0.414. The first-order valence-electron chi connectivity index (χ1n) is 13.7. The molecule has 2 atom stereocenters. The van der Waals surface area contributed by atoms with Gasteiger partial charge in [0.05, 0.1) is 22.0 Å². The average molecular weight is 617 g/mol. The minimum Gasteiger partial charge on any atom is -0.491 e. The van der Waals surface area contributed by atoms with Gasteiger partial charge in [0.25, 0.3) is 0 Å². The Morgan fingerprint density at radius 2 is 1.81 bits per heavy atom. The maximum Gasteiger partial charge on any atom is 0.243 e. The summed E-state index contributed by atoms with van der Waals surface area (Å²) in [6.07, 6.45) is 3.81. The van der Waals surface area contributed by atoms with Gasteiger partial charge in [-0.25, -0.2) is 21.8 Å². The minimum absolute atomic E-state index is 0.00178. The lowest BCUT2D eigenvalue weighted by molar-refractivity contribution is -0.0312. The summed E-state index contributed by atoms with van der Waals surface area (Å²) in [6.45, 7) is 1.45. The maximum absolute atomic E-state index is 13.5. The summed E-state index contributed by atoms with van der Waals surface area (Å²) in [6, 6.07) is 16.5. The number of aliphatic hydroxyl groups excluding tert-OH is 1. The molecule has 0 saturated carbocycles. The molecule has 4 N–H and O–H groups in total. The third kappa shape index (κ3) is 7.10. The van der Waals surface area contributed by atoms with Crippen molar-refractivity contribution < 1.29 is 31.4 Å². The van der Waals surface area contributed by atoms with Crippen LogP contribution in [-0.2, 0) is 24.6 Å². The molecule has 0 radical (unpaired) electrons. The number of anilines is 1. The average Bonchev–Trinajstić information content (AvgIpc) is 3.37. The van der Waals surface area contributed by atoms with Crippen molar-refractivity contribution in [3.05, 3.63) is 66.9 Å². The van der Waals surface area contributed by atoms with E-state index in [0.29, 0.717) is 50.5 Å². The SMILES string of the molecule is CS(=O)(=O)c1cccc(OCC(O)CNC2COC3(CCN(S(=O)(=O)c4cccc(-c5ccc(N)nc5)c4)CC3)C2)c1.